The van der Waals surface area contributed by atoms with Gasteiger partial charge in [0.2, 0.25) is 0 Å². The van der Waals surface area contributed by atoms with Crippen LogP contribution < -0.4 is 5.73 Å². The van der Waals surface area contributed by atoms with Gasteiger partial charge in [-0.25, -0.2) is 4.79 Å². The molecule has 2 rings (SSSR count). The third kappa shape index (κ3) is 1.95. The smallest absolute Gasteiger partial charge is 0.325 e. The van der Waals surface area contributed by atoms with Gasteiger partial charge in [0.25, 0.3) is 0 Å². The summed E-state index contributed by atoms with van der Waals surface area (Å²) in [5.41, 5.74) is 6.82. The highest BCUT2D eigenvalue weighted by Crippen LogP contribution is 2.14. The molecule has 7 heteroatoms. The zero-order chi connectivity index (χ0) is 13.3. The van der Waals surface area contributed by atoms with Crippen molar-refractivity contribution in [2.75, 3.05) is 7.05 Å². The van der Waals surface area contributed by atoms with Crippen molar-refractivity contribution in [1.82, 2.24) is 14.8 Å². The van der Waals surface area contributed by atoms with Crippen molar-refractivity contribution >= 4 is 17.8 Å². The summed E-state index contributed by atoms with van der Waals surface area (Å²) in [5.74, 6) is -1.62. The van der Waals surface area contributed by atoms with Crippen molar-refractivity contribution in [3.8, 4) is 0 Å². The van der Waals surface area contributed by atoms with Gasteiger partial charge in [-0.15, -0.1) is 0 Å². The van der Waals surface area contributed by atoms with E-state index in [1.165, 1.54) is 7.05 Å². The van der Waals surface area contributed by atoms with Crippen LogP contribution >= 0.6 is 0 Å². The maximum atomic E-state index is 11.7. The standard InChI is InChI=1S/C11H12N4O3/c1-14-9(16)10(17)15(11(14)18)6-7-2-3-13-8(4-7)5-12/h2-4H,5-6,12H2,1H3. The predicted octanol–water partition coefficient (Wildman–Crippen LogP) is -0.539. The van der Waals surface area contributed by atoms with Gasteiger partial charge < -0.3 is 5.73 Å². The van der Waals surface area contributed by atoms with Crippen molar-refractivity contribution in [3.63, 3.8) is 0 Å². The average molecular weight is 248 g/mol. The highest BCUT2D eigenvalue weighted by Gasteiger charge is 2.41. The number of rotatable bonds is 3. The lowest BCUT2D eigenvalue weighted by atomic mass is 10.2. The molecule has 7 nitrogen and oxygen atoms in total. The number of urea groups is 1. The SMILES string of the molecule is CN1C(=O)C(=O)N(Cc2ccnc(CN)c2)C1=O. The van der Waals surface area contributed by atoms with Crippen LogP contribution in [-0.4, -0.2) is 39.7 Å². The summed E-state index contributed by atoms with van der Waals surface area (Å²) in [7, 11) is 1.28. The molecule has 0 bridgehead atoms. The molecule has 1 aliphatic heterocycles. The Morgan fingerprint density at radius 2 is 2.00 bits per heavy atom. The van der Waals surface area contributed by atoms with E-state index in [0.29, 0.717) is 11.3 Å². The first-order valence-electron chi connectivity index (χ1n) is 5.32. The van der Waals surface area contributed by atoms with Crippen LogP contribution in [0.2, 0.25) is 0 Å². The van der Waals surface area contributed by atoms with E-state index in [0.717, 1.165) is 9.80 Å². The van der Waals surface area contributed by atoms with Gasteiger partial charge in [-0.2, -0.15) is 0 Å². The van der Waals surface area contributed by atoms with Gasteiger partial charge in [0, 0.05) is 19.8 Å². The van der Waals surface area contributed by atoms with E-state index in [1.807, 2.05) is 0 Å². The number of nitrogens with two attached hydrogens (primary N) is 1. The van der Waals surface area contributed by atoms with E-state index >= 15 is 0 Å². The van der Waals surface area contributed by atoms with Crippen molar-refractivity contribution in [2.45, 2.75) is 13.1 Å². The molecule has 1 fully saturated rings. The molecule has 0 aliphatic carbocycles. The van der Waals surface area contributed by atoms with Crippen molar-refractivity contribution < 1.29 is 14.4 Å². The third-order valence-electron chi connectivity index (χ3n) is 2.68. The highest BCUT2D eigenvalue weighted by molar-refractivity contribution is 6.44. The molecule has 2 heterocycles. The molecule has 1 aliphatic rings. The zero-order valence-corrected chi connectivity index (χ0v) is 9.79. The molecule has 0 atom stereocenters. The van der Waals surface area contributed by atoms with Gasteiger partial charge in [0.05, 0.1) is 12.2 Å². The van der Waals surface area contributed by atoms with Gasteiger partial charge in [0.1, 0.15) is 0 Å². The summed E-state index contributed by atoms with van der Waals surface area (Å²) in [6, 6.07) is 2.75. The van der Waals surface area contributed by atoms with Gasteiger partial charge >= 0.3 is 17.8 Å². The number of likely N-dealkylation sites (N-methyl/N-ethyl adjacent to an activating group) is 1. The molecule has 1 aromatic heterocycles. The summed E-state index contributed by atoms with van der Waals surface area (Å²) in [4.78, 5) is 40.2. The second-order valence-electron chi connectivity index (χ2n) is 3.90. The Labute approximate surface area is 103 Å². The molecule has 0 spiro atoms. The van der Waals surface area contributed by atoms with Crippen LogP contribution in [0.1, 0.15) is 11.3 Å². The van der Waals surface area contributed by atoms with E-state index in [9.17, 15) is 14.4 Å². The molecule has 4 amide bonds. The monoisotopic (exact) mass is 248 g/mol. The van der Waals surface area contributed by atoms with E-state index in [-0.39, 0.29) is 13.1 Å². The number of amides is 4. The number of carbonyl (C=O) groups is 3. The third-order valence-corrected chi connectivity index (χ3v) is 2.68. The Bertz CT molecular complexity index is 529. The van der Waals surface area contributed by atoms with Gasteiger partial charge in [-0.3, -0.25) is 24.4 Å². The molecule has 0 aromatic carbocycles. The average Bonchev–Trinajstić information content (AvgIpc) is 2.57. The minimum absolute atomic E-state index is 0.0449. The lowest BCUT2D eigenvalue weighted by molar-refractivity contribution is -0.143. The van der Waals surface area contributed by atoms with Crippen LogP contribution in [0.4, 0.5) is 4.79 Å². The summed E-state index contributed by atoms with van der Waals surface area (Å²) in [5, 5.41) is 0. The largest absolute Gasteiger partial charge is 0.334 e. The number of carbonyl (C=O) groups excluding carboxylic acids is 3. The van der Waals surface area contributed by atoms with Gasteiger partial charge in [0.15, 0.2) is 0 Å². The number of hydrogen-bond acceptors (Lipinski definition) is 5. The highest BCUT2D eigenvalue weighted by atomic mass is 16.2. The summed E-state index contributed by atoms with van der Waals surface area (Å²) < 4.78 is 0. The lowest BCUT2D eigenvalue weighted by Gasteiger charge is -2.13. The summed E-state index contributed by atoms with van der Waals surface area (Å²) >= 11 is 0. The lowest BCUT2D eigenvalue weighted by Crippen LogP contribution is -2.31. The van der Waals surface area contributed by atoms with Crippen LogP contribution in [-0.2, 0) is 22.7 Å². The first kappa shape index (κ1) is 12.2. The number of hydrogen-bond donors (Lipinski definition) is 1. The minimum atomic E-state index is -0.812. The number of imide groups is 2. The van der Waals surface area contributed by atoms with Crippen molar-refractivity contribution in [3.05, 3.63) is 29.6 Å². The predicted molar refractivity (Wildman–Crippen MR) is 60.8 cm³/mol. The summed E-state index contributed by atoms with van der Waals surface area (Å²) in [6.45, 7) is 0.317. The molecule has 0 radical (unpaired) electrons. The van der Waals surface area contributed by atoms with E-state index < -0.39 is 17.8 Å². The molecule has 0 saturated carbocycles. The normalized spacial score (nSPS) is 15.8. The Kier molecular flexibility index (Phi) is 3.07. The Morgan fingerprint density at radius 3 is 2.56 bits per heavy atom. The fourth-order valence-corrected chi connectivity index (χ4v) is 1.67. The molecule has 94 valence electrons. The van der Waals surface area contributed by atoms with Crippen LogP contribution in [0, 0.1) is 0 Å². The maximum Gasteiger partial charge on any atom is 0.334 e. The van der Waals surface area contributed by atoms with E-state index in [1.54, 1.807) is 18.3 Å². The number of nitrogens with zero attached hydrogens (tertiary/aromatic N) is 3. The quantitative estimate of drug-likeness (QED) is 0.572. The van der Waals surface area contributed by atoms with Crippen LogP contribution in [0.3, 0.4) is 0 Å². The van der Waals surface area contributed by atoms with E-state index in [2.05, 4.69) is 4.98 Å². The minimum Gasteiger partial charge on any atom is -0.325 e. The number of pyridine rings is 1. The summed E-state index contributed by atoms with van der Waals surface area (Å²) in [6.07, 6.45) is 1.55. The van der Waals surface area contributed by atoms with Gasteiger partial charge in [-0.05, 0) is 17.7 Å². The van der Waals surface area contributed by atoms with Crippen LogP contribution in [0.15, 0.2) is 18.3 Å². The molecular formula is C11H12N4O3. The molecule has 1 aromatic rings. The maximum absolute atomic E-state index is 11.7. The van der Waals surface area contributed by atoms with Crippen molar-refractivity contribution in [2.24, 2.45) is 5.73 Å². The van der Waals surface area contributed by atoms with E-state index in [4.69, 9.17) is 5.73 Å². The molecule has 1 saturated heterocycles. The first-order valence-corrected chi connectivity index (χ1v) is 5.32. The topological polar surface area (TPSA) is 96.6 Å². The fraction of sp³-hybridized carbons (Fsp3) is 0.273. The Balaban J connectivity index is 2.21. The van der Waals surface area contributed by atoms with Gasteiger partial charge in [-0.1, -0.05) is 0 Å². The molecule has 0 unspecified atom stereocenters. The second kappa shape index (κ2) is 4.53. The zero-order valence-electron chi connectivity index (χ0n) is 9.79. The second-order valence-corrected chi connectivity index (χ2v) is 3.90. The molecule has 18 heavy (non-hydrogen) atoms. The van der Waals surface area contributed by atoms with Crippen LogP contribution in [0.25, 0.3) is 0 Å². The van der Waals surface area contributed by atoms with Crippen LogP contribution in [0.5, 0.6) is 0 Å². The Morgan fingerprint density at radius 1 is 1.28 bits per heavy atom. The fourth-order valence-electron chi connectivity index (χ4n) is 1.67. The molecule has 2 N–H and O–H groups in total. The number of aromatic nitrogens is 1. The molecular weight excluding hydrogens is 236 g/mol. The first-order chi connectivity index (χ1) is 8.54. The van der Waals surface area contributed by atoms with Crippen molar-refractivity contribution in [1.29, 1.82) is 0 Å². The Hall–Kier alpha value is -2.28.